The topological polar surface area (TPSA) is 142 Å². The number of hydrogen-bond donors (Lipinski definition) is 3. The van der Waals surface area contributed by atoms with E-state index in [1.54, 1.807) is 20.0 Å². The molecule has 0 spiro atoms. The first-order chi connectivity index (χ1) is 16.2. The van der Waals surface area contributed by atoms with Gasteiger partial charge in [-0.1, -0.05) is 38.3 Å². The number of anilines is 1. The number of nitrogens with zero attached hydrogens (tertiary/aromatic N) is 4. The predicted octanol–water partition coefficient (Wildman–Crippen LogP) is 5.29. The summed E-state index contributed by atoms with van der Waals surface area (Å²) >= 11 is 5.89. The highest BCUT2D eigenvalue weighted by atomic mass is 35.5. The predicted molar refractivity (Wildman–Crippen MR) is 126 cm³/mol. The van der Waals surface area contributed by atoms with E-state index in [-0.39, 0.29) is 39.6 Å². The van der Waals surface area contributed by atoms with Crippen molar-refractivity contribution in [1.29, 1.82) is 5.26 Å². The monoisotopic (exact) mass is 484 g/mol. The zero-order chi connectivity index (χ0) is 24.6. The molecule has 178 valence electrons. The third kappa shape index (κ3) is 4.42. The fourth-order valence-electron chi connectivity index (χ4n) is 5.18. The molecule has 3 saturated carbocycles. The quantitative estimate of drug-likeness (QED) is 0.458. The number of hydrogen-bond acceptors (Lipinski definition) is 6. The summed E-state index contributed by atoms with van der Waals surface area (Å²) in [5.41, 5.74) is 7.76. The lowest BCUT2D eigenvalue weighted by Crippen LogP contribution is -2.35. The minimum absolute atomic E-state index is 0.00231. The van der Waals surface area contributed by atoms with Crippen LogP contribution in [0.5, 0.6) is 0 Å². The normalized spacial score (nSPS) is 21.2. The van der Waals surface area contributed by atoms with Gasteiger partial charge in [0.05, 0.1) is 23.4 Å². The number of carboxylic acid groups (broad SMARTS) is 1. The first kappa shape index (κ1) is 23.9. The summed E-state index contributed by atoms with van der Waals surface area (Å²) in [5, 5.41) is 18.6. The highest BCUT2D eigenvalue weighted by Gasteiger charge is 2.39. The highest BCUT2D eigenvalue weighted by Crippen LogP contribution is 2.44. The van der Waals surface area contributed by atoms with Crippen LogP contribution < -0.4 is 5.73 Å². The molecule has 2 bridgehead atoms. The molecule has 0 aromatic carbocycles. The largest absolute Gasteiger partial charge is 0.481 e. The van der Waals surface area contributed by atoms with Crippen LogP contribution in [0.25, 0.3) is 22.4 Å². The maximum Gasteiger partial charge on any atom is 0.306 e. The number of aliphatic carboxylic acids is 1. The molecule has 1 unspecified atom stereocenters. The second kappa shape index (κ2) is 9.55. The number of nitrogens with two attached hydrogens (primary N) is 1. The van der Waals surface area contributed by atoms with Crippen molar-refractivity contribution in [2.24, 2.45) is 17.8 Å². The molecule has 3 aromatic heterocycles. The Morgan fingerprint density at radius 1 is 1.32 bits per heavy atom. The fourth-order valence-corrected chi connectivity index (χ4v) is 5.31. The zero-order valence-corrected chi connectivity index (χ0v) is 19.7. The van der Waals surface area contributed by atoms with E-state index in [4.69, 9.17) is 22.4 Å². The molecule has 3 aliphatic rings. The van der Waals surface area contributed by atoms with Crippen molar-refractivity contribution in [2.75, 3.05) is 5.73 Å². The maximum atomic E-state index is 14.3. The standard InChI is InChI=1S/C15H12ClFN6.C9H14O2/c1-6(2)10-7(3-18)12(23-14(19)11(10)17)8-4-20-15-13(8)22-9(16)5-21-15;10-9(11)8-5-6-1-3-7(8)4-2-6/h4-6H,1-2H3,(H2,19,23)(H,20,21);6-8H,1-5H2,(H,10,11). The Morgan fingerprint density at radius 3 is 2.56 bits per heavy atom. The van der Waals surface area contributed by atoms with Crippen LogP contribution in [0, 0.1) is 34.9 Å². The van der Waals surface area contributed by atoms with Crippen molar-refractivity contribution < 1.29 is 14.3 Å². The molecule has 10 heteroatoms. The molecule has 0 radical (unpaired) electrons. The van der Waals surface area contributed by atoms with Crippen LogP contribution in [0.15, 0.2) is 12.4 Å². The Balaban J connectivity index is 0.000000207. The Hall–Kier alpha value is -3.25. The second-order valence-corrected chi connectivity index (χ2v) is 9.66. The molecule has 6 rings (SSSR count). The number of aromatic nitrogens is 4. The van der Waals surface area contributed by atoms with E-state index in [1.165, 1.54) is 31.9 Å². The summed E-state index contributed by atoms with van der Waals surface area (Å²) in [7, 11) is 0. The highest BCUT2D eigenvalue weighted by molar-refractivity contribution is 6.29. The van der Waals surface area contributed by atoms with Gasteiger partial charge < -0.3 is 15.8 Å². The number of H-pyrrole nitrogens is 1. The van der Waals surface area contributed by atoms with Crippen LogP contribution in [0.4, 0.5) is 10.2 Å². The molecule has 0 saturated heterocycles. The second-order valence-electron chi connectivity index (χ2n) is 9.27. The number of carbonyl (C=O) groups is 1. The van der Waals surface area contributed by atoms with Gasteiger partial charge in [-0.3, -0.25) is 4.79 Å². The molecule has 3 fully saturated rings. The van der Waals surface area contributed by atoms with Crippen molar-refractivity contribution in [3.05, 3.63) is 34.5 Å². The van der Waals surface area contributed by atoms with Gasteiger partial charge in [0.2, 0.25) is 0 Å². The summed E-state index contributed by atoms with van der Waals surface area (Å²) in [6.07, 6.45) is 8.87. The van der Waals surface area contributed by atoms with E-state index in [2.05, 4.69) is 19.9 Å². The molecule has 3 aromatic rings. The summed E-state index contributed by atoms with van der Waals surface area (Å²) in [6, 6.07) is 2.03. The van der Waals surface area contributed by atoms with Gasteiger partial charge in [0.1, 0.15) is 16.7 Å². The SMILES string of the molecule is CC(C)c1c(F)c(N)nc(-c2c[nH]c3ncc(Cl)nc23)c1C#N.O=C(O)C1CC2CCC1CC2. The molecule has 4 N–H and O–H groups in total. The van der Waals surface area contributed by atoms with Crippen molar-refractivity contribution in [2.45, 2.75) is 51.9 Å². The van der Waals surface area contributed by atoms with Gasteiger partial charge in [-0.2, -0.15) is 5.26 Å². The van der Waals surface area contributed by atoms with E-state index in [0.29, 0.717) is 22.6 Å². The van der Waals surface area contributed by atoms with Crippen LogP contribution in [0.3, 0.4) is 0 Å². The number of rotatable bonds is 3. The Bertz CT molecular complexity index is 1280. The summed E-state index contributed by atoms with van der Waals surface area (Å²) in [5.74, 6) is -0.453. The molecular weight excluding hydrogens is 459 g/mol. The minimum atomic E-state index is -0.663. The summed E-state index contributed by atoms with van der Waals surface area (Å²) < 4.78 is 14.3. The number of nitrogen functional groups attached to an aromatic ring is 1. The number of pyridine rings is 1. The lowest BCUT2D eigenvalue weighted by atomic mass is 9.65. The van der Waals surface area contributed by atoms with E-state index in [1.807, 2.05) is 6.07 Å². The van der Waals surface area contributed by atoms with Crippen molar-refractivity contribution in [3.8, 4) is 17.3 Å². The average molecular weight is 485 g/mol. The number of carboxylic acids is 1. The number of fused-ring (bicyclic) bond motifs is 4. The Labute approximate surface area is 201 Å². The first-order valence-corrected chi connectivity index (χ1v) is 11.7. The van der Waals surface area contributed by atoms with Crippen molar-refractivity contribution in [1.82, 2.24) is 19.9 Å². The van der Waals surface area contributed by atoms with Gasteiger partial charge in [0, 0.05) is 17.3 Å². The zero-order valence-electron chi connectivity index (χ0n) is 19.0. The van der Waals surface area contributed by atoms with Gasteiger partial charge in [0.15, 0.2) is 17.3 Å². The number of nitrogens with one attached hydrogen (secondary N) is 1. The maximum absolute atomic E-state index is 14.3. The summed E-state index contributed by atoms with van der Waals surface area (Å²) in [4.78, 5) is 26.0. The van der Waals surface area contributed by atoms with Crippen molar-refractivity contribution in [3.63, 3.8) is 0 Å². The third-order valence-corrected chi connectivity index (χ3v) is 7.04. The lowest BCUT2D eigenvalue weighted by molar-refractivity contribution is -0.147. The smallest absolute Gasteiger partial charge is 0.306 e. The number of aromatic amines is 1. The molecular formula is C24H26ClFN6O2. The van der Waals surface area contributed by atoms with Crippen LogP contribution in [0.1, 0.15) is 63.0 Å². The summed E-state index contributed by atoms with van der Waals surface area (Å²) in [6.45, 7) is 3.57. The molecule has 0 amide bonds. The van der Waals surface area contributed by atoms with Crippen LogP contribution in [0.2, 0.25) is 5.15 Å². The van der Waals surface area contributed by atoms with Gasteiger partial charge in [-0.15, -0.1) is 0 Å². The van der Waals surface area contributed by atoms with Gasteiger partial charge in [-0.05, 0) is 37.0 Å². The molecule has 3 heterocycles. The van der Waals surface area contributed by atoms with E-state index < -0.39 is 11.8 Å². The van der Waals surface area contributed by atoms with E-state index in [0.717, 1.165) is 12.3 Å². The molecule has 34 heavy (non-hydrogen) atoms. The van der Waals surface area contributed by atoms with E-state index in [9.17, 15) is 14.4 Å². The van der Waals surface area contributed by atoms with Gasteiger partial charge in [0.25, 0.3) is 0 Å². The van der Waals surface area contributed by atoms with Crippen LogP contribution in [-0.2, 0) is 4.79 Å². The van der Waals surface area contributed by atoms with E-state index >= 15 is 0 Å². The molecule has 1 atom stereocenters. The van der Waals surface area contributed by atoms with Crippen molar-refractivity contribution >= 4 is 34.6 Å². The van der Waals surface area contributed by atoms with Gasteiger partial charge in [-0.25, -0.2) is 19.3 Å². The first-order valence-electron chi connectivity index (χ1n) is 11.3. The van der Waals surface area contributed by atoms with Crippen LogP contribution in [-0.4, -0.2) is 31.0 Å². The average Bonchev–Trinajstić information content (AvgIpc) is 3.24. The Kier molecular flexibility index (Phi) is 6.71. The van der Waals surface area contributed by atoms with Crippen LogP contribution >= 0.6 is 11.6 Å². The molecule has 0 aliphatic heterocycles. The lowest BCUT2D eigenvalue weighted by Gasteiger charge is -2.40. The third-order valence-electron chi connectivity index (χ3n) is 6.86. The minimum Gasteiger partial charge on any atom is -0.481 e. The number of nitriles is 1. The fraction of sp³-hybridized carbons (Fsp3) is 0.458. The number of halogens is 2. The Morgan fingerprint density at radius 2 is 2.03 bits per heavy atom. The molecule has 3 aliphatic carbocycles. The van der Waals surface area contributed by atoms with Gasteiger partial charge >= 0.3 is 5.97 Å². The molecule has 8 nitrogen and oxygen atoms in total.